The molecule has 0 bridgehead atoms. The number of aliphatic carboxylic acids is 1. The maximum absolute atomic E-state index is 10.4. The van der Waals surface area contributed by atoms with Crippen molar-refractivity contribution in [2.24, 2.45) is 0 Å². The fourth-order valence-corrected chi connectivity index (χ4v) is 2.52. The lowest BCUT2D eigenvalue weighted by Gasteiger charge is -2.05. The molecule has 0 unspecified atom stereocenters. The predicted molar refractivity (Wildman–Crippen MR) is 78.2 cm³/mol. The molecule has 0 saturated carbocycles. The highest BCUT2D eigenvalue weighted by Crippen LogP contribution is 2.22. The van der Waals surface area contributed by atoms with Crippen LogP contribution in [-0.2, 0) is 11.2 Å². The summed E-state index contributed by atoms with van der Waals surface area (Å²) < 4.78 is 5.08. The Labute approximate surface area is 121 Å². The van der Waals surface area contributed by atoms with Crippen molar-refractivity contribution < 1.29 is 14.6 Å². The van der Waals surface area contributed by atoms with Crippen LogP contribution in [0.1, 0.15) is 5.56 Å². The first-order valence-corrected chi connectivity index (χ1v) is 7.19. The molecular formula is C15H15NO3S. The largest absolute Gasteiger partial charge is 0.482 e. The number of carboxylic acid groups (broad SMARTS) is 1. The number of aromatic nitrogens is 1. The summed E-state index contributed by atoms with van der Waals surface area (Å²) in [4.78, 5) is 15.5. The minimum Gasteiger partial charge on any atom is -0.482 e. The van der Waals surface area contributed by atoms with Gasteiger partial charge in [0, 0.05) is 23.0 Å². The first-order valence-electron chi connectivity index (χ1n) is 6.20. The molecule has 104 valence electrons. The number of thioether (sulfide) groups is 1. The Balaban J connectivity index is 1.77. The lowest BCUT2D eigenvalue weighted by atomic mass is 10.2. The molecule has 1 aromatic heterocycles. The molecule has 0 aliphatic rings. The zero-order chi connectivity index (χ0) is 14.2. The maximum Gasteiger partial charge on any atom is 0.341 e. The number of rotatable bonds is 7. The van der Waals surface area contributed by atoms with E-state index in [4.69, 9.17) is 9.84 Å². The average molecular weight is 289 g/mol. The topological polar surface area (TPSA) is 59.4 Å². The maximum atomic E-state index is 10.4. The lowest BCUT2D eigenvalue weighted by molar-refractivity contribution is -0.139. The summed E-state index contributed by atoms with van der Waals surface area (Å²) in [5.41, 5.74) is 1.27. The zero-order valence-corrected chi connectivity index (χ0v) is 11.7. The number of aryl methyl sites for hydroxylation is 1. The third kappa shape index (κ3) is 4.93. The Kier molecular flexibility index (Phi) is 5.43. The second-order valence-corrected chi connectivity index (χ2v) is 5.28. The van der Waals surface area contributed by atoms with E-state index in [0.717, 1.165) is 17.1 Å². The van der Waals surface area contributed by atoms with E-state index < -0.39 is 5.97 Å². The summed E-state index contributed by atoms with van der Waals surface area (Å²) >= 11 is 1.76. The Morgan fingerprint density at radius 2 is 1.85 bits per heavy atom. The van der Waals surface area contributed by atoms with Crippen molar-refractivity contribution >= 4 is 17.7 Å². The Bertz CT molecular complexity index is 543. The average Bonchev–Trinajstić information content (AvgIpc) is 2.47. The lowest BCUT2D eigenvalue weighted by Crippen LogP contribution is -2.09. The minimum absolute atomic E-state index is 0.311. The summed E-state index contributed by atoms with van der Waals surface area (Å²) in [7, 11) is 0. The van der Waals surface area contributed by atoms with E-state index in [-0.39, 0.29) is 6.61 Å². The molecule has 0 spiro atoms. The number of carbonyl (C=O) groups is 1. The van der Waals surface area contributed by atoms with Gasteiger partial charge in [-0.05, 0) is 48.4 Å². The quantitative estimate of drug-likeness (QED) is 0.794. The summed E-state index contributed by atoms with van der Waals surface area (Å²) in [6.07, 6.45) is 4.59. The number of hydrogen-bond donors (Lipinski definition) is 1. The molecular weight excluding hydrogens is 274 g/mol. The van der Waals surface area contributed by atoms with E-state index in [1.807, 2.05) is 24.3 Å². The zero-order valence-electron chi connectivity index (χ0n) is 10.9. The van der Waals surface area contributed by atoms with Crippen molar-refractivity contribution in [2.45, 2.75) is 11.3 Å². The van der Waals surface area contributed by atoms with Crippen molar-refractivity contribution in [1.82, 2.24) is 4.98 Å². The van der Waals surface area contributed by atoms with Crippen molar-refractivity contribution in [3.05, 3.63) is 54.4 Å². The highest BCUT2D eigenvalue weighted by molar-refractivity contribution is 7.99. The number of pyridine rings is 1. The molecule has 0 radical (unpaired) electrons. The first kappa shape index (κ1) is 14.4. The molecule has 4 nitrogen and oxygen atoms in total. The number of hydrogen-bond acceptors (Lipinski definition) is 4. The van der Waals surface area contributed by atoms with Gasteiger partial charge < -0.3 is 9.84 Å². The van der Waals surface area contributed by atoms with Gasteiger partial charge in [-0.25, -0.2) is 4.79 Å². The highest BCUT2D eigenvalue weighted by Gasteiger charge is 2.00. The Morgan fingerprint density at radius 3 is 2.50 bits per heavy atom. The summed E-state index contributed by atoms with van der Waals surface area (Å²) in [5, 5.41) is 8.52. The molecule has 0 saturated heterocycles. The van der Waals surface area contributed by atoms with Gasteiger partial charge in [-0.15, -0.1) is 11.8 Å². The van der Waals surface area contributed by atoms with Gasteiger partial charge in [-0.1, -0.05) is 0 Å². The fraction of sp³-hybridized carbons (Fsp3) is 0.200. The van der Waals surface area contributed by atoms with E-state index in [9.17, 15) is 4.79 Å². The highest BCUT2D eigenvalue weighted by atomic mass is 32.2. The van der Waals surface area contributed by atoms with Crippen molar-refractivity contribution in [3.63, 3.8) is 0 Å². The van der Waals surface area contributed by atoms with Crippen LogP contribution in [0.2, 0.25) is 0 Å². The molecule has 5 heteroatoms. The standard InChI is InChI=1S/C15H15NO3S/c17-15(18)11-19-13-1-3-14(4-2-13)20-10-7-12-5-8-16-9-6-12/h1-6,8-9H,7,10-11H2,(H,17,18). The number of ether oxygens (including phenoxy) is 1. The molecule has 0 amide bonds. The molecule has 0 aliphatic carbocycles. The van der Waals surface area contributed by atoms with Crippen LogP contribution >= 0.6 is 11.8 Å². The smallest absolute Gasteiger partial charge is 0.341 e. The molecule has 20 heavy (non-hydrogen) atoms. The summed E-state index contributed by atoms with van der Waals surface area (Å²) in [6.45, 7) is -0.311. The Morgan fingerprint density at radius 1 is 1.15 bits per heavy atom. The number of carboxylic acids is 1. The molecule has 1 aromatic carbocycles. The van der Waals surface area contributed by atoms with Crippen molar-refractivity contribution in [2.75, 3.05) is 12.4 Å². The van der Waals surface area contributed by atoms with E-state index in [1.165, 1.54) is 5.56 Å². The molecule has 1 heterocycles. The van der Waals surface area contributed by atoms with E-state index >= 15 is 0 Å². The molecule has 1 N–H and O–H groups in total. The van der Waals surface area contributed by atoms with Gasteiger partial charge in [-0.2, -0.15) is 0 Å². The summed E-state index contributed by atoms with van der Waals surface area (Å²) in [6, 6.07) is 11.5. The first-order chi connectivity index (χ1) is 9.74. The van der Waals surface area contributed by atoms with Gasteiger partial charge in [0.2, 0.25) is 0 Å². The minimum atomic E-state index is -0.971. The molecule has 2 rings (SSSR count). The normalized spacial score (nSPS) is 10.2. The van der Waals surface area contributed by atoms with E-state index in [1.54, 1.807) is 36.3 Å². The monoisotopic (exact) mass is 289 g/mol. The van der Waals surface area contributed by atoms with Gasteiger partial charge in [0.05, 0.1) is 0 Å². The third-order valence-corrected chi connectivity index (χ3v) is 3.61. The van der Waals surface area contributed by atoms with Gasteiger partial charge in [-0.3, -0.25) is 4.98 Å². The van der Waals surface area contributed by atoms with E-state index in [0.29, 0.717) is 5.75 Å². The van der Waals surface area contributed by atoms with Gasteiger partial charge in [0.1, 0.15) is 5.75 Å². The second kappa shape index (κ2) is 7.55. The number of benzene rings is 1. The summed E-state index contributed by atoms with van der Waals surface area (Å²) in [5.74, 6) is 0.589. The third-order valence-electron chi connectivity index (χ3n) is 2.59. The molecule has 0 fully saturated rings. The molecule has 0 aliphatic heterocycles. The number of nitrogens with zero attached hydrogens (tertiary/aromatic N) is 1. The second-order valence-electron chi connectivity index (χ2n) is 4.11. The SMILES string of the molecule is O=C(O)COc1ccc(SCCc2ccncc2)cc1. The van der Waals surface area contributed by atoms with Crippen LogP contribution in [0.5, 0.6) is 5.75 Å². The van der Waals surface area contributed by atoms with Gasteiger partial charge >= 0.3 is 5.97 Å². The van der Waals surface area contributed by atoms with Gasteiger partial charge in [0.15, 0.2) is 6.61 Å². The predicted octanol–water partition coefficient (Wildman–Crippen LogP) is 2.88. The van der Waals surface area contributed by atoms with Crippen molar-refractivity contribution in [1.29, 1.82) is 0 Å². The molecule has 0 atom stereocenters. The van der Waals surface area contributed by atoms with Gasteiger partial charge in [0.25, 0.3) is 0 Å². The Hall–Kier alpha value is -2.01. The fourth-order valence-electron chi connectivity index (χ4n) is 1.61. The van der Waals surface area contributed by atoms with Crippen LogP contribution in [0.25, 0.3) is 0 Å². The van der Waals surface area contributed by atoms with Crippen LogP contribution < -0.4 is 4.74 Å². The van der Waals surface area contributed by atoms with Crippen LogP contribution in [-0.4, -0.2) is 28.4 Å². The van der Waals surface area contributed by atoms with E-state index in [2.05, 4.69) is 4.98 Å². The molecule has 2 aromatic rings. The van der Waals surface area contributed by atoms with Crippen LogP contribution in [0, 0.1) is 0 Å². The van der Waals surface area contributed by atoms with Crippen LogP contribution in [0.3, 0.4) is 0 Å². The van der Waals surface area contributed by atoms with Crippen LogP contribution in [0.15, 0.2) is 53.7 Å². The van der Waals surface area contributed by atoms with Crippen molar-refractivity contribution in [3.8, 4) is 5.75 Å². The van der Waals surface area contributed by atoms with Crippen LogP contribution in [0.4, 0.5) is 0 Å².